The summed E-state index contributed by atoms with van der Waals surface area (Å²) in [5, 5.41) is 5.23. The van der Waals surface area contributed by atoms with Crippen LogP contribution in [0.25, 0.3) is 0 Å². The Morgan fingerprint density at radius 2 is 1.88 bits per heavy atom. The van der Waals surface area contributed by atoms with Gasteiger partial charge < -0.3 is 0 Å². The molecule has 0 atom stereocenters. The van der Waals surface area contributed by atoms with Gasteiger partial charge in [-0.1, -0.05) is 25.5 Å². The summed E-state index contributed by atoms with van der Waals surface area (Å²) < 4.78 is 23.0. The van der Waals surface area contributed by atoms with E-state index in [1.54, 1.807) is 6.92 Å². The SMILES string of the molecule is CCCCc1ccc(C)c(S(N)(=O)=O)c1C. The first-order valence-electron chi connectivity index (χ1n) is 5.49. The van der Waals surface area contributed by atoms with Gasteiger partial charge in [0.05, 0.1) is 4.90 Å². The maximum atomic E-state index is 11.5. The highest BCUT2D eigenvalue weighted by molar-refractivity contribution is 7.89. The molecule has 1 rings (SSSR count). The average molecular weight is 241 g/mol. The monoisotopic (exact) mass is 241 g/mol. The van der Waals surface area contributed by atoms with Crippen molar-refractivity contribution in [2.24, 2.45) is 5.14 Å². The lowest BCUT2D eigenvalue weighted by molar-refractivity contribution is 0.596. The third-order valence-corrected chi connectivity index (χ3v) is 4.00. The smallest absolute Gasteiger partial charge is 0.225 e. The molecule has 0 aliphatic heterocycles. The summed E-state index contributed by atoms with van der Waals surface area (Å²) in [5.41, 5.74) is 2.60. The lowest BCUT2D eigenvalue weighted by Gasteiger charge is -2.12. The number of hydrogen-bond donors (Lipinski definition) is 1. The van der Waals surface area contributed by atoms with Gasteiger partial charge in [-0.15, -0.1) is 0 Å². The van der Waals surface area contributed by atoms with Gasteiger partial charge in [-0.3, -0.25) is 0 Å². The lowest BCUT2D eigenvalue weighted by Crippen LogP contribution is -2.16. The molecule has 0 spiro atoms. The zero-order valence-corrected chi connectivity index (χ0v) is 10.9. The third kappa shape index (κ3) is 2.83. The molecule has 16 heavy (non-hydrogen) atoms. The summed E-state index contributed by atoms with van der Waals surface area (Å²) in [7, 11) is -3.61. The van der Waals surface area contributed by atoms with E-state index in [1.165, 1.54) is 0 Å². The Morgan fingerprint density at radius 1 is 1.25 bits per heavy atom. The van der Waals surface area contributed by atoms with E-state index in [4.69, 9.17) is 5.14 Å². The third-order valence-electron chi connectivity index (χ3n) is 2.80. The number of nitrogens with two attached hydrogens (primary N) is 1. The van der Waals surface area contributed by atoms with E-state index in [0.717, 1.165) is 36.0 Å². The number of rotatable bonds is 4. The van der Waals surface area contributed by atoms with Crippen molar-refractivity contribution in [1.29, 1.82) is 0 Å². The Kier molecular flexibility index (Phi) is 4.10. The highest BCUT2D eigenvalue weighted by atomic mass is 32.2. The quantitative estimate of drug-likeness (QED) is 0.879. The molecule has 3 nitrogen and oxygen atoms in total. The highest BCUT2D eigenvalue weighted by Crippen LogP contribution is 2.23. The molecule has 0 saturated heterocycles. The molecule has 0 fully saturated rings. The predicted octanol–water partition coefficient (Wildman–Crippen LogP) is 2.29. The Bertz CT molecular complexity index is 478. The Hall–Kier alpha value is -0.870. The van der Waals surface area contributed by atoms with Gasteiger partial charge in [0.25, 0.3) is 0 Å². The summed E-state index contributed by atoms with van der Waals surface area (Å²) in [4.78, 5) is 0.293. The van der Waals surface area contributed by atoms with E-state index >= 15 is 0 Å². The largest absolute Gasteiger partial charge is 0.238 e. The molecule has 0 bridgehead atoms. The molecule has 1 aromatic rings. The molecular weight excluding hydrogens is 222 g/mol. The minimum atomic E-state index is -3.61. The van der Waals surface area contributed by atoms with Crippen molar-refractivity contribution >= 4 is 10.0 Å². The van der Waals surface area contributed by atoms with E-state index in [0.29, 0.717) is 4.90 Å². The number of hydrogen-bond acceptors (Lipinski definition) is 2. The minimum absolute atomic E-state index is 0.293. The normalized spacial score (nSPS) is 11.8. The standard InChI is InChI=1S/C12H19NO2S/c1-4-5-6-11-8-7-9(2)12(10(11)3)16(13,14)15/h7-8H,4-6H2,1-3H3,(H2,13,14,15). The molecule has 2 N–H and O–H groups in total. The zero-order chi connectivity index (χ0) is 12.3. The van der Waals surface area contributed by atoms with Gasteiger partial charge >= 0.3 is 0 Å². The van der Waals surface area contributed by atoms with Gasteiger partial charge in [0, 0.05) is 0 Å². The van der Waals surface area contributed by atoms with Crippen LogP contribution in [0.4, 0.5) is 0 Å². The van der Waals surface area contributed by atoms with Crippen LogP contribution in [0.1, 0.15) is 36.5 Å². The van der Waals surface area contributed by atoms with Gasteiger partial charge in [-0.05, 0) is 43.4 Å². The van der Waals surface area contributed by atoms with Crippen molar-refractivity contribution in [3.05, 3.63) is 28.8 Å². The fraction of sp³-hybridized carbons (Fsp3) is 0.500. The molecule has 0 aliphatic rings. The number of sulfonamides is 1. The van der Waals surface area contributed by atoms with Crippen LogP contribution in [-0.2, 0) is 16.4 Å². The molecule has 0 aromatic heterocycles. The van der Waals surface area contributed by atoms with Crippen LogP contribution in [0.3, 0.4) is 0 Å². The van der Waals surface area contributed by atoms with Crippen molar-refractivity contribution in [2.45, 2.75) is 44.9 Å². The van der Waals surface area contributed by atoms with E-state index < -0.39 is 10.0 Å². The van der Waals surface area contributed by atoms with E-state index in [1.807, 2.05) is 19.1 Å². The summed E-state index contributed by atoms with van der Waals surface area (Å²) in [6.45, 7) is 5.72. The molecule has 4 heteroatoms. The molecular formula is C12H19NO2S. The first kappa shape index (κ1) is 13.2. The fourth-order valence-electron chi connectivity index (χ4n) is 1.94. The summed E-state index contributed by atoms with van der Waals surface area (Å²) in [5.74, 6) is 0. The Morgan fingerprint density at radius 3 is 2.38 bits per heavy atom. The van der Waals surface area contributed by atoms with Crippen LogP contribution in [0.5, 0.6) is 0 Å². The Labute approximate surface area is 97.7 Å². The topological polar surface area (TPSA) is 60.2 Å². The van der Waals surface area contributed by atoms with Gasteiger partial charge in [0.15, 0.2) is 0 Å². The van der Waals surface area contributed by atoms with E-state index in [2.05, 4.69) is 6.92 Å². The van der Waals surface area contributed by atoms with Crippen molar-refractivity contribution in [3.63, 3.8) is 0 Å². The fourth-order valence-corrected chi connectivity index (χ4v) is 3.02. The molecule has 1 aromatic carbocycles. The second-order valence-corrected chi connectivity index (χ2v) is 5.64. The first-order valence-corrected chi connectivity index (χ1v) is 7.04. The molecule has 90 valence electrons. The van der Waals surface area contributed by atoms with Crippen LogP contribution in [0.15, 0.2) is 17.0 Å². The second kappa shape index (κ2) is 4.97. The van der Waals surface area contributed by atoms with E-state index in [-0.39, 0.29) is 0 Å². The van der Waals surface area contributed by atoms with Gasteiger partial charge in [-0.2, -0.15) is 0 Å². The number of benzene rings is 1. The maximum Gasteiger partial charge on any atom is 0.238 e. The first-order chi connectivity index (χ1) is 7.38. The molecule has 0 unspecified atom stereocenters. The molecule has 0 heterocycles. The molecule has 0 saturated carbocycles. The van der Waals surface area contributed by atoms with Crippen LogP contribution in [-0.4, -0.2) is 8.42 Å². The van der Waals surface area contributed by atoms with Crippen LogP contribution in [0.2, 0.25) is 0 Å². The molecule has 0 radical (unpaired) electrons. The average Bonchev–Trinajstić information content (AvgIpc) is 2.14. The van der Waals surface area contributed by atoms with Crippen LogP contribution >= 0.6 is 0 Å². The number of aryl methyl sites for hydroxylation is 2. The zero-order valence-electron chi connectivity index (χ0n) is 10.1. The summed E-state index contributed by atoms with van der Waals surface area (Å²) in [6, 6.07) is 3.83. The summed E-state index contributed by atoms with van der Waals surface area (Å²) >= 11 is 0. The highest BCUT2D eigenvalue weighted by Gasteiger charge is 2.16. The van der Waals surface area contributed by atoms with Gasteiger partial charge in [0.2, 0.25) is 10.0 Å². The van der Waals surface area contributed by atoms with Crippen molar-refractivity contribution < 1.29 is 8.42 Å². The van der Waals surface area contributed by atoms with Crippen molar-refractivity contribution in [3.8, 4) is 0 Å². The minimum Gasteiger partial charge on any atom is -0.225 e. The van der Waals surface area contributed by atoms with Crippen LogP contribution in [0, 0.1) is 13.8 Å². The molecule has 0 aliphatic carbocycles. The molecule has 0 amide bonds. The number of unbranched alkanes of at least 4 members (excludes halogenated alkanes) is 1. The van der Waals surface area contributed by atoms with Crippen molar-refractivity contribution in [1.82, 2.24) is 0 Å². The van der Waals surface area contributed by atoms with Gasteiger partial charge in [0.1, 0.15) is 0 Å². The lowest BCUT2D eigenvalue weighted by atomic mass is 10.0. The second-order valence-electron chi connectivity index (χ2n) is 4.14. The van der Waals surface area contributed by atoms with E-state index in [9.17, 15) is 8.42 Å². The predicted molar refractivity (Wildman–Crippen MR) is 65.9 cm³/mol. The van der Waals surface area contributed by atoms with Crippen LogP contribution < -0.4 is 5.14 Å². The van der Waals surface area contributed by atoms with Gasteiger partial charge in [-0.25, -0.2) is 13.6 Å². The van der Waals surface area contributed by atoms with Crippen molar-refractivity contribution in [2.75, 3.05) is 0 Å². The Balaban J connectivity index is 3.28. The number of primary sulfonamides is 1. The summed E-state index contributed by atoms with van der Waals surface area (Å²) in [6.07, 6.45) is 3.07. The maximum absolute atomic E-state index is 11.5.